The van der Waals surface area contributed by atoms with Crippen LogP contribution in [0.25, 0.3) is 6.08 Å². The summed E-state index contributed by atoms with van der Waals surface area (Å²) in [6, 6.07) is 12.7. The fraction of sp³-hybridized carbons (Fsp3) is 0.118. The Balaban J connectivity index is 2.15. The second-order valence-electron chi connectivity index (χ2n) is 4.30. The molecule has 0 aliphatic carbocycles. The minimum Gasteiger partial charge on any atom is -0.493 e. The number of rotatable bonds is 5. The maximum Gasteiger partial charge on any atom is 0.336 e. The average Bonchev–Trinajstić information content (AvgIpc) is 2.53. The molecule has 2 aromatic rings. The first-order valence-electron chi connectivity index (χ1n) is 6.50. The highest BCUT2D eigenvalue weighted by atomic mass is 79.9. The number of hydrogen-bond acceptors (Lipinski definition) is 4. The van der Waals surface area contributed by atoms with Crippen LogP contribution < -0.4 is 14.2 Å². The van der Waals surface area contributed by atoms with Crippen LogP contribution in [0.4, 0.5) is 0 Å². The van der Waals surface area contributed by atoms with E-state index >= 15 is 0 Å². The number of carbonyl (C=O) groups is 1. The molecule has 22 heavy (non-hydrogen) atoms. The van der Waals surface area contributed by atoms with E-state index in [4.69, 9.17) is 14.2 Å². The predicted octanol–water partition coefficient (Wildman–Crippen LogP) is 4.09. The van der Waals surface area contributed by atoms with Gasteiger partial charge in [0.05, 0.1) is 14.2 Å². The fourth-order valence-corrected chi connectivity index (χ4v) is 2.24. The highest BCUT2D eigenvalue weighted by molar-refractivity contribution is 9.10. The Morgan fingerprint density at radius 3 is 2.27 bits per heavy atom. The molecule has 2 aromatic carbocycles. The Hall–Kier alpha value is -2.27. The SMILES string of the molecule is COc1cccc(OC)c1OC(=O)/C=C/c1cccc(Br)c1. The number of ether oxygens (including phenoxy) is 3. The summed E-state index contributed by atoms with van der Waals surface area (Å²) >= 11 is 3.38. The van der Waals surface area contributed by atoms with Gasteiger partial charge >= 0.3 is 5.97 Å². The van der Waals surface area contributed by atoms with Crippen molar-refractivity contribution < 1.29 is 19.0 Å². The summed E-state index contributed by atoms with van der Waals surface area (Å²) in [5.74, 6) is 0.617. The Morgan fingerprint density at radius 1 is 1.05 bits per heavy atom. The number of para-hydroxylation sites is 1. The van der Waals surface area contributed by atoms with Crippen LogP contribution >= 0.6 is 15.9 Å². The monoisotopic (exact) mass is 362 g/mol. The quantitative estimate of drug-likeness (QED) is 0.456. The largest absolute Gasteiger partial charge is 0.493 e. The van der Waals surface area contributed by atoms with Crippen molar-refractivity contribution in [1.82, 2.24) is 0 Å². The van der Waals surface area contributed by atoms with E-state index in [1.807, 2.05) is 24.3 Å². The van der Waals surface area contributed by atoms with Gasteiger partial charge in [-0.15, -0.1) is 0 Å². The van der Waals surface area contributed by atoms with Crippen LogP contribution in [0, 0.1) is 0 Å². The topological polar surface area (TPSA) is 44.8 Å². The van der Waals surface area contributed by atoms with Crippen molar-refractivity contribution in [3.05, 3.63) is 58.6 Å². The molecule has 4 nitrogen and oxygen atoms in total. The zero-order valence-corrected chi connectivity index (χ0v) is 13.8. The van der Waals surface area contributed by atoms with Crippen molar-refractivity contribution in [1.29, 1.82) is 0 Å². The van der Waals surface area contributed by atoms with E-state index in [1.54, 1.807) is 24.3 Å². The van der Waals surface area contributed by atoms with Crippen LogP contribution in [0.15, 0.2) is 53.0 Å². The molecule has 0 aromatic heterocycles. The van der Waals surface area contributed by atoms with E-state index in [1.165, 1.54) is 20.3 Å². The number of benzene rings is 2. The molecule has 0 N–H and O–H groups in total. The molecule has 0 unspecified atom stereocenters. The minimum absolute atomic E-state index is 0.261. The van der Waals surface area contributed by atoms with Gasteiger partial charge < -0.3 is 14.2 Å². The van der Waals surface area contributed by atoms with E-state index in [0.29, 0.717) is 11.5 Å². The lowest BCUT2D eigenvalue weighted by molar-refractivity contribution is -0.129. The summed E-state index contributed by atoms with van der Waals surface area (Å²) in [7, 11) is 3.01. The van der Waals surface area contributed by atoms with Gasteiger partial charge in [0.1, 0.15) is 0 Å². The summed E-state index contributed by atoms with van der Waals surface area (Å²) < 4.78 is 16.6. The molecular weight excluding hydrogens is 348 g/mol. The molecule has 0 fully saturated rings. The maximum atomic E-state index is 12.0. The molecule has 0 aliphatic rings. The van der Waals surface area contributed by atoms with E-state index in [0.717, 1.165) is 10.0 Å². The zero-order chi connectivity index (χ0) is 15.9. The van der Waals surface area contributed by atoms with Crippen LogP contribution in [0.2, 0.25) is 0 Å². The van der Waals surface area contributed by atoms with Gasteiger partial charge in [0, 0.05) is 10.5 Å². The van der Waals surface area contributed by atoms with Gasteiger partial charge in [-0.05, 0) is 35.9 Å². The Morgan fingerprint density at radius 2 is 1.68 bits per heavy atom. The highest BCUT2D eigenvalue weighted by Gasteiger charge is 2.13. The minimum atomic E-state index is -0.511. The van der Waals surface area contributed by atoms with Crippen molar-refractivity contribution >= 4 is 28.0 Å². The van der Waals surface area contributed by atoms with Crippen LogP contribution in [-0.4, -0.2) is 20.2 Å². The highest BCUT2D eigenvalue weighted by Crippen LogP contribution is 2.36. The number of methoxy groups -OCH3 is 2. The Kier molecular flexibility index (Phi) is 5.61. The third-order valence-corrected chi connectivity index (χ3v) is 3.34. The van der Waals surface area contributed by atoms with Gasteiger partial charge in [-0.25, -0.2) is 4.79 Å². The molecule has 0 amide bonds. The lowest BCUT2D eigenvalue weighted by atomic mass is 10.2. The van der Waals surface area contributed by atoms with Gasteiger partial charge in [-0.1, -0.05) is 34.1 Å². The van der Waals surface area contributed by atoms with Gasteiger partial charge in [0.15, 0.2) is 11.5 Å². The van der Waals surface area contributed by atoms with Crippen molar-refractivity contribution in [2.24, 2.45) is 0 Å². The van der Waals surface area contributed by atoms with Crippen LogP contribution in [0.5, 0.6) is 17.2 Å². The first kappa shape index (κ1) is 16.1. The van der Waals surface area contributed by atoms with E-state index in [9.17, 15) is 4.79 Å². The first-order valence-corrected chi connectivity index (χ1v) is 7.30. The van der Waals surface area contributed by atoms with Crippen LogP contribution in [0.3, 0.4) is 0 Å². The predicted molar refractivity (Wildman–Crippen MR) is 88.4 cm³/mol. The van der Waals surface area contributed by atoms with Gasteiger partial charge in [0.2, 0.25) is 5.75 Å². The van der Waals surface area contributed by atoms with Crippen LogP contribution in [-0.2, 0) is 4.79 Å². The zero-order valence-electron chi connectivity index (χ0n) is 12.2. The molecule has 0 saturated carbocycles. The third-order valence-electron chi connectivity index (χ3n) is 2.85. The number of halogens is 1. The average molecular weight is 363 g/mol. The molecule has 0 saturated heterocycles. The van der Waals surface area contributed by atoms with Gasteiger partial charge in [0.25, 0.3) is 0 Å². The van der Waals surface area contributed by atoms with Crippen molar-refractivity contribution in [2.45, 2.75) is 0 Å². The van der Waals surface area contributed by atoms with E-state index < -0.39 is 5.97 Å². The Labute approximate surface area is 137 Å². The standard InChI is InChI=1S/C17H15BrO4/c1-20-14-7-4-8-15(21-2)17(14)22-16(19)10-9-12-5-3-6-13(18)11-12/h3-11H,1-2H3/b10-9+. The summed E-state index contributed by atoms with van der Waals surface area (Å²) in [6.07, 6.45) is 3.03. The van der Waals surface area contributed by atoms with Crippen molar-refractivity contribution in [2.75, 3.05) is 14.2 Å². The first-order chi connectivity index (χ1) is 10.6. The lowest BCUT2D eigenvalue weighted by Gasteiger charge is -2.11. The lowest BCUT2D eigenvalue weighted by Crippen LogP contribution is -2.06. The molecule has 0 heterocycles. The molecule has 0 radical (unpaired) electrons. The summed E-state index contributed by atoms with van der Waals surface area (Å²) in [6.45, 7) is 0. The molecule has 2 rings (SSSR count). The van der Waals surface area contributed by atoms with E-state index in [2.05, 4.69) is 15.9 Å². The van der Waals surface area contributed by atoms with Crippen molar-refractivity contribution in [3.8, 4) is 17.2 Å². The number of carbonyl (C=O) groups excluding carboxylic acids is 1. The molecule has 0 bridgehead atoms. The maximum absolute atomic E-state index is 12.0. The smallest absolute Gasteiger partial charge is 0.336 e. The Bertz CT molecular complexity index is 673. The third kappa shape index (κ3) is 4.11. The van der Waals surface area contributed by atoms with Gasteiger partial charge in [-0.2, -0.15) is 0 Å². The number of esters is 1. The second-order valence-corrected chi connectivity index (χ2v) is 5.22. The number of hydrogen-bond donors (Lipinski definition) is 0. The molecular formula is C17H15BrO4. The molecule has 0 atom stereocenters. The summed E-state index contributed by atoms with van der Waals surface area (Å²) in [5, 5.41) is 0. The molecule has 0 spiro atoms. The normalized spacial score (nSPS) is 10.5. The van der Waals surface area contributed by atoms with E-state index in [-0.39, 0.29) is 5.75 Å². The second kappa shape index (κ2) is 7.66. The molecule has 5 heteroatoms. The molecule has 0 aliphatic heterocycles. The summed E-state index contributed by atoms with van der Waals surface area (Å²) in [4.78, 5) is 12.0. The van der Waals surface area contributed by atoms with Gasteiger partial charge in [-0.3, -0.25) is 0 Å². The molecule has 114 valence electrons. The van der Waals surface area contributed by atoms with Crippen LogP contribution in [0.1, 0.15) is 5.56 Å². The van der Waals surface area contributed by atoms with Crippen molar-refractivity contribution in [3.63, 3.8) is 0 Å². The summed E-state index contributed by atoms with van der Waals surface area (Å²) in [5.41, 5.74) is 0.887. The fourth-order valence-electron chi connectivity index (χ4n) is 1.83.